The summed E-state index contributed by atoms with van der Waals surface area (Å²) in [5.41, 5.74) is 1.18. The molecule has 0 fully saturated rings. The van der Waals surface area contributed by atoms with Crippen molar-refractivity contribution in [3.8, 4) is 5.75 Å². The largest absolute Gasteiger partial charge is 0.494 e. The van der Waals surface area contributed by atoms with E-state index in [4.69, 9.17) is 4.74 Å². The summed E-state index contributed by atoms with van der Waals surface area (Å²) in [4.78, 5) is 2.53. The second-order valence-corrected chi connectivity index (χ2v) is 6.56. The van der Waals surface area contributed by atoms with Crippen LogP contribution in [0.2, 0.25) is 0 Å². The van der Waals surface area contributed by atoms with E-state index in [9.17, 15) is 0 Å². The minimum absolute atomic E-state index is 0.833. The Bertz CT molecular complexity index is 385. The van der Waals surface area contributed by atoms with Crippen LogP contribution in [0.15, 0.2) is 24.3 Å². The average molecular weight is 335 g/mol. The summed E-state index contributed by atoms with van der Waals surface area (Å²) >= 11 is 0. The second kappa shape index (κ2) is 14.2. The molecule has 24 heavy (non-hydrogen) atoms. The van der Waals surface area contributed by atoms with Crippen molar-refractivity contribution in [1.82, 2.24) is 4.90 Å². The first kappa shape index (κ1) is 20.8. The van der Waals surface area contributed by atoms with Crippen molar-refractivity contribution in [3.05, 3.63) is 24.3 Å². The quantitative estimate of drug-likeness (QED) is 0.424. The number of benzene rings is 1. The average Bonchev–Trinajstić information content (AvgIpc) is 2.59. The monoisotopic (exact) mass is 334 g/mol. The molecule has 3 nitrogen and oxygen atoms in total. The van der Waals surface area contributed by atoms with E-state index < -0.39 is 0 Å². The lowest BCUT2D eigenvalue weighted by molar-refractivity contribution is 0.285. The van der Waals surface area contributed by atoms with Crippen molar-refractivity contribution in [1.29, 1.82) is 0 Å². The van der Waals surface area contributed by atoms with E-state index in [0.717, 1.165) is 31.9 Å². The zero-order chi connectivity index (χ0) is 17.5. The molecule has 1 N–H and O–H groups in total. The van der Waals surface area contributed by atoms with Crippen LogP contribution in [0.5, 0.6) is 5.75 Å². The molecule has 0 aliphatic heterocycles. The van der Waals surface area contributed by atoms with Gasteiger partial charge in [0.25, 0.3) is 0 Å². The number of hydrogen-bond acceptors (Lipinski definition) is 3. The third-order valence-corrected chi connectivity index (χ3v) is 4.21. The highest BCUT2D eigenvalue weighted by Crippen LogP contribution is 2.16. The van der Waals surface area contributed by atoms with Crippen LogP contribution in [-0.4, -0.2) is 37.7 Å². The molecule has 0 heterocycles. The summed E-state index contributed by atoms with van der Waals surface area (Å²) in [5.74, 6) is 0.981. The van der Waals surface area contributed by atoms with E-state index >= 15 is 0 Å². The van der Waals surface area contributed by atoms with Gasteiger partial charge in [0, 0.05) is 18.8 Å². The van der Waals surface area contributed by atoms with Crippen LogP contribution in [0, 0.1) is 0 Å². The lowest BCUT2D eigenvalue weighted by atomic mass is 10.2. The summed E-state index contributed by atoms with van der Waals surface area (Å²) in [5, 5.41) is 3.51. The molecule has 0 saturated heterocycles. The van der Waals surface area contributed by atoms with Gasteiger partial charge in [-0.3, -0.25) is 0 Å². The smallest absolute Gasteiger partial charge is 0.119 e. The molecule has 0 saturated carbocycles. The van der Waals surface area contributed by atoms with Crippen molar-refractivity contribution >= 4 is 5.69 Å². The fraction of sp³-hybridized carbons (Fsp3) is 0.714. The fourth-order valence-corrected chi connectivity index (χ4v) is 2.89. The van der Waals surface area contributed by atoms with Gasteiger partial charge in [0.2, 0.25) is 0 Å². The Morgan fingerprint density at radius 1 is 0.792 bits per heavy atom. The first-order chi connectivity index (χ1) is 11.8. The van der Waals surface area contributed by atoms with E-state index in [1.165, 1.54) is 57.3 Å². The van der Waals surface area contributed by atoms with Crippen molar-refractivity contribution in [2.75, 3.05) is 38.1 Å². The Balaban J connectivity index is 2.19. The molecular formula is C21H38N2O. The van der Waals surface area contributed by atoms with Gasteiger partial charge in [-0.15, -0.1) is 0 Å². The number of nitrogens with one attached hydrogen (secondary N) is 1. The highest BCUT2D eigenvalue weighted by Gasteiger charge is 2.02. The topological polar surface area (TPSA) is 24.5 Å². The maximum Gasteiger partial charge on any atom is 0.119 e. The number of nitrogens with zero attached hydrogens (tertiary/aromatic N) is 1. The van der Waals surface area contributed by atoms with E-state index in [2.05, 4.69) is 55.3 Å². The number of unbranched alkanes of at least 4 members (excludes halogenated alkanes) is 4. The summed E-state index contributed by atoms with van der Waals surface area (Å²) in [6.07, 6.45) is 8.85. The molecule has 0 spiro atoms. The summed E-state index contributed by atoms with van der Waals surface area (Å²) < 4.78 is 5.81. The van der Waals surface area contributed by atoms with Crippen LogP contribution < -0.4 is 10.1 Å². The zero-order valence-electron chi connectivity index (χ0n) is 16.2. The van der Waals surface area contributed by atoms with Crippen LogP contribution in [-0.2, 0) is 0 Å². The number of rotatable bonds is 15. The van der Waals surface area contributed by atoms with Gasteiger partial charge in [0.05, 0.1) is 6.61 Å². The molecule has 0 aliphatic rings. The van der Waals surface area contributed by atoms with Crippen molar-refractivity contribution in [2.24, 2.45) is 0 Å². The molecule has 3 heteroatoms. The molecular weight excluding hydrogens is 296 g/mol. The van der Waals surface area contributed by atoms with Gasteiger partial charge >= 0.3 is 0 Å². The number of ether oxygens (including phenoxy) is 1. The van der Waals surface area contributed by atoms with Gasteiger partial charge in [-0.2, -0.15) is 0 Å². The van der Waals surface area contributed by atoms with E-state index in [0.29, 0.717) is 0 Å². The third-order valence-electron chi connectivity index (χ3n) is 4.21. The van der Waals surface area contributed by atoms with Crippen LogP contribution in [0.4, 0.5) is 5.69 Å². The molecule has 0 unspecified atom stereocenters. The van der Waals surface area contributed by atoms with Gasteiger partial charge in [-0.1, -0.05) is 46.5 Å². The first-order valence-corrected chi connectivity index (χ1v) is 9.99. The Hall–Kier alpha value is -1.22. The maximum absolute atomic E-state index is 5.81. The molecule has 0 aliphatic carbocycles. The molecule has 0 radical (unpaired) electrons. The van der Waals surface area contributed by atoms with Crippen LogP contribution in [0.25, 0.3) is 0 Å². The van der Waals surface area contributed by atoms with Gasteiger partial charge in [0.1, 0.15) is 5.75 Å². The lowest BCUT2D eigenvalue weighted by Gasteiger charge is -2.21. The minimum atomic E-state index is 0.833. The van der Waals surface area contributed by atoms with E-state index in [-0.39, 0.29) is 0 Å². The fourth-order valence-electron chi connectivity index (χ4n) is 2.89. The van der Waals surface area contributed by atoms with Gasteiger partial charge < -0.3 is 15.0 Å². The Labute approximate surface area is 149 Å². The summed E-state index contributed by atoms with van der Waals surface area (Å²) in [7, 11) is 0. The normalized spacial score (nSPS) is 11.0. The van der Waals surface area contributed by atoms with Crippen LogP contribution >= 0.6 is 0 Å². The maximum atomic E-state index is 5.81. The second-order valence-electron chi connectivity index (χ2n) is 6.56. The molecule has 1 rings (SSSR count). The molecule has 0 bridgehead atoms. The Morgan fingerprint density at radius 3 is 2.08 bits per heavy atom. The first-order valence-electron chi connectivity index (χ1n) is 9.99. The Morgan fingerprint density at radius 2 is 1.46 bits per heavy atom. The van der Waals surface area contributed by atoms with Crippen molar-refractivity contribution in [3.63, 3.8) is 0 Å². The predicted octanol–water partition coefficient (Wildman–Crippen LogP) is 5.57. The Kier molecular flexibility index (Phi) is 12.3. The standard InChI is InChI=1S/C21H38N2O/c1-4-7-8-9-10-19-24-21-13-11-20(12-14-21)22-15-18-23(16-5-2)17-6-3/h11-14,22H,4-10,15-19H2,1-3H3. The van der Waals surface area contributed by atoms with Gasteiger partial charge in [-0.05, 0) is 56.6 Å². The minimum Gasteiger partial charge on any atom is -0.494 e. The molecule has 0 aromatic heterocycles. The van der Waals surface area contributed by atoms with Crippen LogP contribution in [0.3, 0.4) is 0 Å². The summed E-state index contributed by atoms with van der Waals surface area (Å²) in [6.45, 7) is 12.1. The van der Waals surface area contributed by atoms with Gasteiger partial charge in [-0.25, -0.2) is 0 Å². The number of hydrogen-bond donors (Lipinski definition) is 1. The van der Waals surface area contributed by atoms with E-state index in [1.54, 1.807) is 0 Å². The van der Waals surface area contributed by atoms with Gasteiger partial charge in [0.15, 0.2) is 0 Å². The van der Waals surface area contributed by atoms with Crippen LogP contribution in [0.1, 0.15) is 65.7 Å². The molecule has 1 aromatic rings. The van der Waals surface area contributed by atoms with E-state index in [1.807, 2.05) is 0 Å². The molecule has 0 atom stereocenters. The molecule has 138 valence electrons. The predicted molar refractivity (Wildman–Crippen MR) is 106 cm³/mol. The zero-order valence-corrected chi connectivity index (χ0v) is 16.2. The highest BCUT2D eigenvalue weighted by atomic mass is 16.5. The SMILES string of the molecule is CCCCCCCOc1ccc(NCCN(CCC)CCC)cc1. The third kappa shape index (κ3) is 9.82. The highest BCUT2D eigenvalue weighted by molar-refractivity contribution is 5.46. The molecule has 1 aromatic carbocycles. The molecule has 0 amide bonds. The van der Waals surface area contributed by atoms with Crippen molar-refractivity contribution in [2.45, 2.75) is 65.7 Å². The lowest BCUT2D eigenvalue weighted by Crippen LogP contribution is -2.30. The van der Waals surface area contributed by atoms with Crippen molar-refractivity contribution < 1.29 is 4.74 Å². The number of anilines is 1. The summed E-state index contributed by atoms with van der Waals surface area (Å²) in [6, 6.07) is 8.39.